The molecule has 0 aromatic heterocycles. The Bertz CT molecular complexity index is 352. The summed E-state index contributed by atoms with van der Waals surface area (Å²) in [6.07, 6.45) is 3.75. The number of rotatable bonds is 10. The highest BCUT2D eigenvalue weighted by Crippen LogP contribution is 2.15. The number of halogens is 1. The molecule has 1 aromatic rings. The Morgan fingerprint density at radius 3 is 2.89 bits per heavy atom. The van der Waals surface area contributed by atoms with Crippen molar-refractivity contribution in [3.05, 3.63) is 30.1 Å². The predicted molar refractivity (Wildman–Crippen MR) is 78.4 cm³/mol. The lowest BCUT2D eigenvalue weighted by Crippen LogP contribution is -2.32. The molecule has 19 heavy (non-hydrogen) atoms. The Morgan fingerprint density at radius 1 is 1.37 bits per heavy atom. The first-order chi connectivity index (χ1) is 9.24. The van der Waals surface area contributed by atoms with Crippen LogP contribution in [0.2, 0.25) is 0 Å². The summed E-state index contributed by atoms with van der Waals surface area (Å²) in [5.41, 5.74) is 0. The zero-order chi connectivity index (χ0) is 13.9. The van der Waals surface area contributed by atoms with E-state index in [1.807, 2.05) is 11.8 Å². The van der Waals surface area contributed by atoms with Gasteiger partial charge < -0.3 is 15.2 Å². The first-order valence-electron chi connectivity index (χ1n) is 6.49. The summed E-state index contributed by atoms with van der Waals surface area (Å²) in [6, 6.07) is 6.20. The molecular weight excluding hydrogens is 265 g/mol. The third-order valence-corrected chi connectivity index (χ3v) is 3.30. The van der Waals surface area contributed by atoms with Gasteiger partial charge in [-0.25, -0.2) is 4.39 Å². The Balaban J connectivity index is 2.08. The van der Waals surface area contributed by atoms with Gasteiger partial charge in [0.05, 0.1) is 0 Å². The number of aliphatic hydroxyl groups is 1. The molecule has 0 saturated carbocycles. The van der Waals surface area contributed by atoms with Crippen LogP contribution in [0.15, 0.2) is 24.3 Å². The second kappa shape index (κ2) is 10.1. The van der Waals surface area contributed by atoms with Crippen LogP contribution in [-0.4, -0.2) is 42.9 Å². The summed E-state index contributed by atoms with van der Waals surface area (Å²) in [4.78, 5) is 0. The van der Waals surface area contributed by atoms with Crippen LogP contribution in [0.1, 0.15) is 12.8 Å². The Morgan fingerprint density at radius 2 is 2.16 bits per heavy atom. The van der Waals surface area contributed by atoms with Crippen LogP contribution < -0.4 is 10.1 Å². The second-order valence-corrected chi connectivity index (χ2v) is 5.28. The number of hydrogen-bond donors (Lipinski definition) is 2. The molecule has 1 atom stereocenters. The molecule has 0 heterocycles. The normalized spacial score (nSPS) is 12.4. The van der Waals surface area contributed by atoms with E-state index >= 15 is 0 Å². The fourth-order valence-electron chi connectivity index (χ4n) is 1.57. The number of thioether (sulfide) groups is 1. The largest absolute Gasteiger partial charge is 0.488 e. The maximum atomic E-state index is 13.2. The van der Waals surface area contributed by atoms with E-state index in [1.165, 1.54) is 18.2 Å². The molecule has 0 fully saturated rings. The van der Waals surface area contributed by atoms with Crippen molar-refractivity contribution in [2.75, 3.05) is 31.7 Å². The number of benzene rings is 1. The van der Waals surface area contributed by atoms with Gasteiger partial charge >= 0.3 is 0 Å². The molecule has 2 N–H and O–H groups in total. The minimum absolute atomic E-state index is 0.0960. The van der Waals surface area contributed by atoms with Crippen LogP contribution in [0.5, 0.6) is 5.75 Å². The highest BCUT2D eigenvalue weighted by molar-refractivity contribution is 7.98. The molecule has 0 aliphatic rings. The molecule has 5 heteroatoms. The summed E-state index contributed by atoms with van der Waals surface area (Å²) in [7, 11) is 0. The number of unbranched alkanes of at least 4 members (excludes halogenated alkanes) is 1. The average molecular weight is 287 g/mol. The summed E-state index contributed by atoms with van der Waals surface area (Å²) >= 11 is 1.84. The van der Waals surface area contributed by atoms with Crippen molar-refractivity contribution >= 4 is 11.8 Å². The molecule has 108 valence electrons. The van der Waals surface area contributed by atoms with Crippen LogP contribution in [0, 0.1) is 5.82 Å². The molecule has 3 nitrogen and oxygen atoms in total. The molecule has 0 aliphatic heterocycles. The molecule has 0 radical (unpaired) electrons. The van der Waals surface area contributed by atoms with Gasteiger partial charge in [-0.1, -0.05) is 12.1 Å². The van der Waals surface area contributed by atoms with Gasteiger partial charge in [-0.3, -0.25) is 0 Å². The van der Waals surface area contributed by atoms with Gasteiger partial charge in [0.1, 0.15) is 12.7 Å². The maximum absolute atomic E-state index is 13.2. The zero-order valence-electron chi connectivity index (χ0n) is 11.3. The monoisotopic (exact) mass is 287 g/mol. The van der Waals surface area contributed by atoms with E-state index in [4.69, 9.17) is 4.74 Å². The van der Waals surface area contributed by atoms with Crippen molar-refractivity contribution < 1.29 is 14.2 Å². The number of nitrogens with one attached hydrogen (secondary N) is 1. The Labute approximate surface area is 118 Å². The minimum atomic E-state index is -0.625. The highest BCUT2D eigenvalue weighted by Gasteiger charge is 2.07. The van der Waals surface area contributed by atoms with Gasteiger partial charge in [0.15, 0.2) is 11.6 Å². The summed E-state index contributed by atoms with van der Waals surface area (Å²) < 4.78 is 18.5. The van der Waals surface area contributed by atoms with Gasteiger partial charge in [0.2, 0.25) is 0 Å². The van der Waals surface area contributed by atoms with E-state index < -0.39 is 11.9 Å². The molecular formula is C14H22FNO2S. The SMILES string of the molecule is CSCCCCNCC(O)COc1ccccc1F. The van der Waals surface area contributed by atoms with Crippen molar-refractivity contribution in [3.63, 3.8) is 0 Å². The lowest BCUT2D eigenvalue weighted by molar-refractivity contribution is 0.104. The van der Waals surface area contributed by atoms with E-state index in [9.17, 15) is 9.50 Å². The Hall–Kier alpha value is -0.780. The summed E-state index contributed by atoms with van der Waals surface area (Å²) in [5, 5.41) is 12.9. The van der Waals surface area contributed by atoms with Gasteiger partial charge in [0, 0.05) is 6.54 Å². The van der Waals surface area contributed by atoms with E-state index in [1.54, 1.807) is 18.2 Å². The quantitative estimate of drug-likeness (QED) is 0.648. The molecule has 0 amide bonds. The third kappa shape index (κ3) is 7.40. The first kappa shape index (κ1) is 16.3. The van der Waals surface area contributed by atoms with Crippen LogP contribution in [0.25, 0.3) is 0 Å². The van der Waals surface area contributed by atoms with Crippen LogP contribution in [0.3, 0.4) is 0 Å². The molecule has 0 saturated heterocycles. The van der Waals surface area contributed by atoms with Crippen molar-refractivity contribution in [2.45, 2.75) is 18.9 Å². The van der Waals surface area contributed by atoms with Crippen molar-refractivity contribution in [1.29, 1.82) is 0 Å². The van der Waals surface area contributed by atoms with E-state index in [0.717, 1.165) is 13.0 Å². The lowest BCUT2D eigenvalue weighted by atomic mass is 10.3. The number of aliphatic hydroxyl groups excluding tert-OH is 1. The number of ether oxygens (including phenoxy) is 1. The lowest BCUT2D eigenvalue weighted by Gasteiger charge is -2.13. The van der Waals surface area contributed by atoms with Crippen LogP contribution in [0.4, 0.5) is 4.39 Å². The average Bonchev–Trinajstić information content (AvgIpc) is 2.42. The second-order valence-electron chi connectivity index (χ2n) is 4.30. The van der Waals surface area contributed by atoms with E-state index in [-0.39, 0.29) is 12.4 Å². The summed E-state index contributed by atoms with van der Waals surface area (Å²) in [6.45, 7) is 1.45. The van der Waals surface area contributed by atoms with E-state index in [0.29, 0.717) is 6.54 Å². The number of para-hydroxylation sites is 1. The van der Waals surface area contributed by atoms with Gasteiger partial charge in [-0.2, -0.15) is 11.8 Å². The molecule has 1 aromatic carbocycles. The summed E-state index contributed by atoms with van der Waals surface area (Å²) in [5.74, 6) is 0.946. The minimum Gasteiger partial charge on any atom is -0.488 e. The van der Waals surface area contributed by atoms with E-state index in [2.05, 4.69) is 11.6 Å². The Kier molecular flexibility index (Phi) is 8.62. The molecule has 1 unspecified atom stereocenters. The van der Waals surface area contributed by atoms with Crippen LogP contribution in [-0.2, 0) is 0 Å². The third-order valence-electron chi connectivity index (χ3n) is 2.60. The maximum Gasteiger partial charge on any atom is 0.165 e. The van der Waals surface area contributed by atoms with Crippen molar-refractivity contribution in [3.8, 4) is 5.75 Å². The van der Waals surface area contributed by atoms with Gasteiger partial charge in [-0.05, 0) is 43.5 Å². The van der Waals surface area contributed by atoms with Gasteiger partial charge in [0.25, 0.3) is 0 Å². The van der Waals surface area contributed by atoms with Crippen molar-refractivity contribution in [2.24, 2.45) is 0 Å². The number of hydrogen-bond acceptors (Lipinski definition) is 4. The van der Waals surface area contributed by atoms with Gasteiger partial charge in [-0.15, -0.1) is 0 Å². The topological polar surface area (TPSA) is 41.5 Å². The fourth-order valence-corrected chi connectivity index (χ4v) is 2.06. The molecule has 0 aliphatic carbocycles. The standard InChI is InChI=1S/C14H22FNO2S/c1-19-9-5-4-8-16-10-12(17)11-18-14-7-3-2-6-13(14)15/h2-3,6-7,12,16-17H,4-5,8-11H2,1H3. The molecule has 0 spiro atoms. The first-order valence-corrected chi connectivity index (χ1v) is 7.88. The van der Waals surface area contributed by atoms with Crippen molar-refractivity contribution in [1.82, 2.24) is 5.32 Å². The molecule has 0 bridgehead atoms. The smallest absolute Gasteiger partial charge is 0.165 e. The zero-order valence-corrected chi connectivity index (χ0v) is 12.1. The fraction of sp³-hybridized carbons (Fsp3) is 0.571. The predicted octanol–water partition coefficient (Wildman–Crippen LogP) is 2.30. The molecule has 1 rings (SSSR count). The highest BCUT2D eigenvalue weighted by atomic mass is 32.2. The van der Waals surface area contributed by atoms with Crippen LogP contribution >= 0.6 is 11.8 Å².